The first-order chi connectivity index (χ1) is 13.8. The second kappa shape index (κ2) is 7.89. The van der Waals surface area contributed by atoms with E-state index in [1.165, 1.54) is 0 Å². The summed E-state index contributed by atoms with van der Waals surface area (Å²) in [6.07, 6.45) is 1.65. The van der Waals surface area contributed by atoms with Crippen molar-refractivity contribution < 1.29 is 4.42 Å². The first-order valence-electron chi connectivity index (χ1n) is 8.85. The molecule has 9 heteroatoms. The van der Waals surface area contributed by atoms with Crippen molar-refractivity contribution in [2.75, 3.05) is 0 Å². The molecular formula is C20H16BrCl2N5O. The molecule has 6 nitrogen and oxygen atoms in total. The third-order valence-electron chi connectivity index (χ3n) is 4.12. The fraction of sp³-hybridized carbons (Fsp3) is 0.200. The minimum atomic E-state index is 0.0263. The van der Waals surface area contributed by atoms with Crippen molar-refractivity contribution in [2.45, 2.75) is 26.8 Å². The smallest absolute Gasteiger partial charge is 0.248 e. The van der Waals surface area contributed by atoms with Gasteiger partial charge < -0.3 is 4.42 Å². The number of pyridine rings is 1. The van der Waals surface area contributed by atoms with Crippen LogP contribution in [0.25, 0.3) is 28.3 Å². The topological polar surface area (TPSA) is 69.1 Å². The molecule has 3 heterocycles. The normalized spacial score (nSPS) is 12.3. The fourth-order valence-electron chi connectivity index (χ4n) is 2.96. The minimum Gasteiger partial charge on any atom is -0.418 e. The molecule has 148 valence electrons. The van der Waals surface area contributed by atoms with Crippen LogP contribution in [0.4, 0.5) is 0 Å². The quantitative estimate of drug-likeness (QED) is 0.364. The maximum atomic E-state index is 6.34. The number of aryl methyl sites for hydroxylation is 1. The summed E-state index contributed by atoms with van der Waals surface area (Å²) in [6, 6.07) is 9.01. The molecule has 0 N–H and O–H groups in total. The van der Waals surface area contributed by atoms with E-state index in [1.807, 2.05) is 32.9 Å². The average Bonchev–Trinajstić information content (AvgIpc) is 3.03. The van der Waals surface area contributed by atoms with Gasteiger partial charge in [-0.15, -0.1) is 0 Å². The van der Waals surface area contributed by atoms with Gasteiger partial charge in [0.1, 0.15) is 10.3 Å². The number of halogens is 3. The van der Waals surface area contributed by atoms with Gasteiger partial charge in [-0.3, -0.25) is 0 Å². The van der Waals surface area contributed by atoms with Crippen LogP contribution in [0.5, 0.6) is 0 Å². The van der Waals surface area contributed by atoms with E-state index in [9.17, 15) is 0 Å². The standard InChI is InChI=1S/C20H16BrCl2N5O/c1-10(2)25-19-13-8-12(22)7-11(3)17(13)26-20(29-19)15-9-16(21)27-28(15)18-14(23)5-4-6-24-18/h4-10H,1-3H3. The summed E-state index contributed by atoms with van der Waals surface area (Å²) in [5.41, 5.74) is 2.73. The number of benzene rings is 1. The molecule has 4 rings (SSSR count). The highest BCUT2D eigenvalue weighted by Gasteiger charge is 2.19. The Bertz CT molecular complexity index is 1300. The molecule has 29 heavy (non-hydrogen) atoms. The molecule has 0 saturated carbocycles. The molecule has 0 unspecified atom stereocenters. The van der Waals surface area contributed by atoms with Crippen molar-refractivity contribution in [3.63, 3.8) is 0 Å². The van der Waals surface area contributed by atoms with Crippen molar-refractivity contribution in [1.29, 1.82) is 0 Å². The van der Waals surface area contributed by atoms with E-state index in [-0.39, 0.29) is 6.04 Å². The van der Waals surface area contributed by atoms with Crippen molar-refractivity contribution in [2.24, 2.45) is 4.99 Å². The fourth-order valence-corrected chi connectivity index (χ4v) is 3.81. The number of aromatic nitrogens is 4. The van der Waals surface area contributed by atoms with Gasteiger partial charge in [-0.05, 0) is 66.5 Å². The van der Waals surface area contributed by atoms with Crippen molar-refractivity contribution in [3.05, 3.63) is 62.3 Å². The SMILES string of the molecule is Cc1cc(Cl)cc2c(=NC(C)C)oc(-c3cc(Br)nn3-c3ncccc3Cl)nc12. The Hall–Kier alpha value is -2.22. The summed E-state index contributed by atoms with van der Waals surface area (Å²) in [5, 5.41) is 6.28. The number of fused-ring (bicyclic) bond motifs is 1. The molecule has 0 aliphatic heterocycles. The van der Waals surface area contributed by atoms with Crippen molar-refractivity contribution in [3.8, 4) is 17.4 Å². The van der Waals surface area contributed by atoms with E-state index < -0.39 is 0 Å². The first kappa shape index (κ1) is 20.1. The van der Waals surface area contributed by atoms with Crippen LogP contribution in [-0.4, -0.2) is 25.8 Å². The van der Waals surface area contributed by atoms with Gasteiger partial charge in [0.05, 0.1) is 15.9 Å². The van der Waals surface area contributed by atoms with Crippen molar-refractivity contribution in [1.82, 2.24) is 19.7 Å². The van der Waals surface area contributed by atoms with Gasteiger partial charge in [0.25, 0.3) is 0 Å². The van der Waals surface area contributed by atoms with Crippen LogP contribution in [0.1, 0.15) is 19.4 Å². The lowest BCUT2D eigenvalue weighted by Gasteiger charge is -2.09. The minimum absolute atomic E-state index is 0.0263. The molecule has 0 radical (unpaired) electrons. The van der Waals surface area contributed by atoms with Crippen LogP contribution in [0.15, 0.2) is 50.5 Å². The largest absolute Gasteiger partial charge is 0.418 e. The highest BCUT2D eigenvalue weighted by Crippen LogP contribution is 2.29. The molecule has 0 atom stereocenters. The van der Waals surface area contributed by atoms with E-state index in [4.69, 9.17) is 32.6 Å². The van der Waals surface area contributed by atoms with Crippen LogP contribution in [-0.2, 0) is 0 Å². The zero-order valence-corrected chi connectivity index (χ0v) is 18.9. The lowest BCUT2D eigenvalue weighted by molar-refractivity contribution is 0.486. The summed E-state index contributed by atoms with van der Waals surface area (Å²) in [7, 11) is 0. The van der Waals surface area contributed by atoms with E-state index in [1.54, 1.807) is 29.1 Å². The summed E-state index contributed by atoms with van der Waals surface area (Å²) in [4.78, 5) is 13.7. The second-order valence-corrected chi connectivity index (χ2v) is 8.39. The zero-order valence-electron chi connectivity index (χ0n) is 15.8. The third kappa shape index (κ3) is 3.95. The van der Waals surface area contributed by atoms with Crippen LogP contribution in [0, 0.1) is 6.92 Å². The first-order valence-corrected chi connectivity index (χ1v) is 10.4. The third-order valence-corrected chi connectivity index (χ3v) is 5.02. The molecule has 0 spiro atoms. The van der Waals surface area contributed by atoms with Crippen LogP contribution < -0.4 is 5.55 Å². The van der Waals surface area contributed by atoms with E-state index in [0.717, 1.165) is 16.5 Å². The maximum absolute atomic E-state index is 6.34. The number of hydrogen-bond acceptors (Lipinski definition) is 5. The Morgan fingerprint density at radius 3 is 2.72 bits per heavy atom. The van der Waals surface area contributed by atoms with Gasteiger partial charge in [-0.25, -0.2) is 19.6 Å². The molecular weight excluding hydrogens is 477 g/mol. The number of nitrogens with zero attached hydrogens (tertiary/aromatic N) is 5. The van der Waals surface area contributed by atoms with Crippen LogP contribution in [0.2, 0.25) is 10.0 Å². The van der Waals surface area contributed by atoms with Gasteiger partial charge in [0.15, 0.2) is 5.82 Å². The Balaban J connectivity index is 2.05. The highest BCUT2D eigenvalue weighted by molar-refractivity contribution is 9.10. The Kier molecular flexibility index (Phi) is 5.46. The van der Waals surface area contributed by atoms with Gasteiger partial charge in [-0.1, -0.05) is 23.2 Å². The molecule has 0 saturated heterocycles. The van der Waals surface area contributed by atoms with Crippen LogP contribution in [0.3, 0.4) is 0 Å². The molecule has 0 bridgehead atoms. The monoisotopic (exact) mass is 491 g/mol. The Morgan fingerprint density at radius 1 is 1.21 bits per heavy atom. The van der Waals surface area contributed by atoms with E-state index >= 15 is 0 Å². The van der Waals surface area contributed by atoms with Crippen molar-refractivity contribution >= 4 is 50.0 Å². The lowest BCUT2D eigenvalue weighted by Crippen LogP contribution is -2.11. The van der Waals surface area contributed by atoms with Crippen LogP contribution >= 0.6 is 39.1 Å². The van der Waals surface area contributed by atoms with Gasteiger partial charge >= 0.3 is 0 Å². The van der Waals surface area contributed by atoms with Gasteiger partial charge in [-0.2, -0.15) is 5.10 Å². The highest BCUT2D eigenvalue weighted by atomic mass is 79.9. The summed E-state index contributed by atoms with van der Waals surface area (Å²) >= 11 is 16.0. The molecule has 0 aliphatic rings. The predicted molar refractivity (Wildman–Crippen MR) is 118 cm³/mol. The zero-order chi connectivity index (χ0) is 20.7. The van der Waals surface area contributed by atoms with Gasteiger partial charge in [0.2, 0.25) is 11.4 Å². The average molecular weight is 493 g/mol. The number of hydrogen-bond donors (Lipinski definition) is 0. The van der Waals surface area contributed by atoms with E-state index in [0.29, 0.717) is 37.6 Å². The molecule has 0 fully saturated rings. The van der Waals surface area contributed by atoms with E-state index in [2.05, 4.69) is 31.0 Å². The Morgan fingerprint density at radius 2 is 2.00 bits per heavy atom. The van der Waals surface area contributed by atoms with Gasteiger partial charge in [0, 0.05) is 23.3 Å². The molecule has 0 aliphatic carbocycles. The Labute approximate surface area is 185 Å². The number of rotatable bonds is 3. The predicted octanol–water partition coefficient (Wildman–Crippen LogP) is 5.76. The summed E-state index contributed by atoms with van der Waals surface area (Å²) in [5.74, 6) is 0.824. The lowest BCUT2D eigenvalue weighted by atomic mass is 10.1. The molecule has 3 aromatic heterocycles. The molecule has 4 aromatic rings. The second-order valence-electron chi connectivity index (χ2n) is 6.74. The summed E-state index contributed by atoms with van der Waals surface area (Å²) in [6.45, 7) is 5.91. The molecule has 1 aromatic carbocycles. The summed E-state index contributed by atoms with van der Waals surface area (Å²) < 4.78 is 8.31. The molecule has 0 amide bonds. The maximum Gasteiger partial charge on any atom is 0.248 e.